The van der Waals surface area contributed by atoms with Crippen LogP contribution in [0.25, 0.3) is 0 Å². The number of hydrogen-bond donors (Lipinski definition) is 0. The molecule has 144 valence electrons. The molecule has 0 bridgehead atoms. The highest BCUT2D eigenvalue weighted by Crippen LogP contribution is 2.67. The van der Waals surface area contributed by atoms with Gasteiger partial charge in [0, 0.05) is 29.6 Å². The van der Waals surface area contributed by atoms with Crippen molar-refractivity contribution in [3.05, 3.63) is 25.3 Å². The van der Waals surface area contributed by atoms with Crippen LogP contribution in [-0.2, 0) is 19.1 Å². The molecular weight excluding hydrogens is 328 g/mol. The van der Waals surface area contributed by atoms with Crippen LogP contribution in [0.3, 0.4) is 0 Å². The van der Waals surface area contributed by atoms with Crippen molar-refractivity contribution in [2.75, 3.05) is 13.2 Å². The Hall–Kier alpha value is -1.26. The third kappa shape index (κ3) is 2.56. The second-order valence-electron chi connectivity index (χ2n) is 9.03. The van der Waals surface area contributed by atoms with Gasteiger partial charge in [-0.3, -0.25) is 4.79 Å². The van der Waals surface area contributed by atoms with Gasteiger partial charge in [0.25, 0.3) is 0 Å². The summed E-state index contributed by atoms with van der Waals surface area (Å²) >= 11 is 0. The summed E-state index contributed by atoms with van der Waals surface area (Å²) in [5.41, 5.74) is -1.61. The number of Topliss-reactive ketones (excluding diaryl/α,β-unsaturated/α-hetero) is 1. The fourth-order valence-electron chi connectivity index (χ4n) is 5.76. The van der Waals surface area contributed by atoms with E-state index in [1.54, 1.807) is 13.0 Å². The number of hydrogen-bond acceptors (Lipinski definition) is 4. The van der Waals surface area contributed by atoms with Gasteiger partial charge in [-0.15, -0.1) is 13.2 Å². The van der Waals surface area contributed by atoms with Crippen LogP contribution in [0.4, 0.5) is 0 Å². The van der Waals surface area contributed by atoms with Gasteiger partial charge in [-0.05, 0) is 37.5 Å². The van der Waals surface area contributed by atoms with Crippen molar-refractivity contribution in [1.82, 2.24) is 0 Å². The molecule has 1 aliphatic heterocycles. The van der Waals surface area contributed by atoms with Crippen molar-refractivity contribution >= 4 is 12.1 Å². The van der Waals surface area contributed by atoms with Crippen molar-refractivity contribution < 1.29 is 19.1 Å². The molecular formula is C22H32O4. The lowest BCUT2D eigenvalue weighted by atomic mass is 9.49. The van der Waals surface area contributed by atoms with E-state index in [1.165, 1.54) is 0 Å². The number of aldehydes is 1. The maximum atomic E-state index is 13.7. The minimum absolute atomic E-state index is 0.0699. The average molecular weight is 360 g/mol. The van der Waals surface area contributed by atoms with E-state index in [-0.39, 0.29) is 29.5 Å². The molecule has 3 fully saturated rings. The summed E-state index contributed by atoms with van der Waals surface area (Å²) in [5.74, 6) is -0.467. The van der Waals surface area contributed by atoms with E-state index in [2.05, 4.69) is 27.0 Å². The van der Waals surface area contributed by atoms with Crippen molar-refractivity contribution in [3.8, 4) is 0 Å². The minimum atomic E-state index is -0.836. The van der Waals surface area contributed by atoms with Gasteiger partial charge in [0.15, 0.2) is 5.79 Å². The van der Waals surface area contributed by atoms with E-state index in [9.17, 15) is 9.59 Å². The van der Waals surface area contributed by atoms with Gasteiger partial charge in [0.1, 0.15) is 12.1 Å². The van der Waals surface area contributed by atoms with Gasteiger partial charge in [-0.1, -0.05) is 26.0 Å². The van der Waals surface area contributed by atoms with Crippen LogP contribution in [-0.4, -0.2) is 31.1 Å². The van der Waals surface area contributed by atoms with Gasteiger partial charge in [-0.25, -0.2) is 0 Å². The zero-order valence-electron chi connectivity index (χ0n) is 16.4. The Morgan fingerprint density at radius 1 is 1.23 bits per heavy atom. The molecule has 0 amide bonds. The number of carbonyl (C=O) groups is 2. The maximum absolute atomic E-state index is 13.7. The van der Waals surface area contributed by atoms with Gasteiger partial charge >= 0.3 is 0 Å². The Morgan fingerprint density at radius 3 is 2.42 bits per heavy atom. The summed E-state index contributed by atoms with van der Waals surface area (Å²) < 4.78 is 12.3. The van der Waals surface area contributed by atoms with Crippen LogP contribution in [0.2, 0.25) is 0 Å². The molecule has 4 heteroatoms. The molecule has 0 aromatic heterocycles. The molecule has 1 heterocycles. The number of fused-ring (bicyclic) bond motifs is 2. The van der Waals surface area contributed by atoms with E-state index >= 15 is 0 Å². The summed E-state index contributed by atoms with van der Waals surface area (Å²) in [5, 5.41) is 0. The predicted molar refractivity (Wildman–Crippen MR) is 100 cm³/mol. The Morgan fingerprint density at radius 2 is 1.88 bits per heavy atom. The van der Waals surface area contributed by atoms with E-state index in [4.69, 9.17) is 9.47 Å². The molecule has 3 rings (SSSR count). The molecule has 4 nitrogen and oxygen atoms in total. The molecule has 1 spiro atoms. The van der Waals surface area contributed by atoms with E-state index in [0.717, 1.165) is 32.0 Å². The van der Waals surface area contributed by atoms with E-state index in [1.807, 2.05) is 6.08 Å². The largest absolute Gasteiger partial charge is 0.347 e. The van der Waals surface area contributed by atoms with Crippen LogP contribution in [0.15, 0.2) is 25.3 Å². The lowest BCUT2D eigenvalue weighted by Gasteiger charge is -2.55. The highest BCUT2D eigenvalue weighted by atomic mass is 16.7. The quantitative estimate of drug-likeness (QED) is 0.529. The van der Waals surface area contributed by atoms with Gasteiger partial charge in [0.2, 0.25) is 0 Å². The first-order valence-corrected chi connectivity index (χ1v) is 9.77. The minimum Gasteiger partial charge on any atom is -0.347 e. The first kappa shape index (κ1) is 19.5. The van der Waals surface area contributed by atoms with Crippen molar-refractivity contribution in [1.29, 1.82) is 0 Å². The predicted octanol–water partition coefficient (Wildman–Crippen LogP) is 4.10. The van der Waals surface area contributed by atoms with Crippen molar-refractivity contribution in [2.24, 2.45) is 28.1 Å². The number of allylic oxidation sites excluding steroid dienone is 2. The number of ether oxygens (including phenoxy) is 2. The number of ketones is 1. The molecule has 0 aromatic carbocycles. The average Bonchev–Trinajstić information content (AvgIpc) is 3.25. The van der Waals surface area contributed by atoms with Crippen LogP contribution in [0.1, 0.15) is 52.9 Å². The lowest BCUT2D eigenvalue weighted by Crippen LogP contribution is -2.58. The Balaban J connectivity index is 2.06. The molecule has 5 atom stereocenters. The number of rotatable bonds is 6. The normalized spacial score (nSPS) is 40.6. The second kappa shape index (κ2) is 6.42. The van der Waals surface area contributed by atoms with Crippen molar-refractivity contribution in [3.63, 3.8) is 0 Å². The molecule has 0 N–H and O–H groups in total. The highest BCUT2D eigenvalue weighted by molar-refractivity contribution is 5.89. The zero-order chi connectivity index (χ0) is 19.2. The van der Waals surface area contributed by atoms with Gasteiger partial charge in [0.05, 0.1) is 13.2 Å². The smallest absolute Gasteiger partial charge is 0.173 e. The SMILES string of the molecule is C=C[C@](C)(C=O)CC(=O)[C@@]1(C)C2C3(CC[C@]2(C=C)CC[C@H]1C)OCCO3. The molecule has 3 aliphatic rings. The topological polar surface area (TPSA) is 52.6 Å². The molecule has 26 heavy (non-hydrogen) atoms. The van der Waals surface area contributed by atoms with Crippen LogP contribution < -0.4 is 0 Å². The fraction of sp³-hybridized carbons (Fsp3) is 0.727. The molecule has 2 saturated carbocycles. The lowest BCUT2D eigenvalue weighted by molar-refractivity contribution is -0.233. The van der Waals surface area contributed by atoms with E-state index in [0.29, 0.717) is 13.2 Å². The fourth-order valence-corrected chi connectivity index (χ4v) is 5.76. The van der Waals surface area contributed by atoms with Gasteiger partial charge in [-0.2, -0.15) is 0 Å². The molecule has 0 aromatic rings. The summed E-state index contributed by atoms with van der Waals surface area (Å²) in [7, 11) is 0. The van der Waals surface area contributed by atoms with Crippen LogP contribution in [0, 0.1) is 28.1 Å². The standard InChI is InChI=1S/C22H32O4/c1-6-19(4,15-23)14-17(24)20(5)16(3)8-9-21(7-2)10-11-22(18(20)21)25-12-13-26-22/h6-7,15-16,18H,1-2,8-14H2,3-5H3/t16-,18?,19+,20+,21+/m1/s1. The van der Waals surface area contributed by atoms with E-state index < -0.39 is 16.6 Å². The Labute approximate surface area is 157 Å². The highest BCUT2D eigenvalue weighted by Gasteiger charge is 2.69. The zero-order valence-corrected chi connectivity index (χ0v) is 16.4. The molecule has 2 aliphatic carbocycles. The first-order valence-electron chi connectivity index (χ1n) is 9.77. The third-order valence-electron chi connectivity index (χ3n) is 7.68. The number of carbonyl (C=O) groups excluding carboxylic acids is 2. The summed E-state index contributed by atoms with van der Waals surface area (Å²) in [6, 6.07) is 0. The molecule has 0 radical (unpaired) electrons. The second-order valence-corrected chi connectivity index (χ2v) is 9.03. The van der Waals surface area contributed by atoms with Crippen LogP contribution >= 0.6 is 0 Å². The summed E-state index contributed by atoms with van der Waals surface area (Å²) in [6.07, 6.45) is 8.33. The maximum Gasteiger partial charge on any atom is 0.173 e. The Bertz CT molecular complexity index is 610. The summed E-state index contributed by atoms with van der Waals surface area (Å²) in [4.78, 5) is 25.2. The summed E-state index contributed by atoms with van der Waals surface area (Å²) in [6.45, 7) is 15.0. The first-order chi connectivity index (χ1) is 12.2. The molecule has 1 saturated heterocycles. The Kier molecular flexibility index (Phi) is 4.81. The van der Waals surface area contributed by atoms with Gasteiger partial charge < -0.3 is 14.3 Å². The third-order valence-corrected chi connectivity index (χ3v) is 7.68. The monoisotopic (exact) mass is 360 g/mol. The van der Waals surface area contributed by atoms with Crippen LogP contribution in [0.5, 0.6) is 0 Å². The molecule has 1 unspecified atom stereocenters. The van der Waals surface area contributed by atoms with Crippen molar-refractivity contribution in [2.45, 2.75) is 58.7 Å².